The molecular formula is C11H13ClN2S. The van der Waals surface area contributed by atoms with Crippen LogP contribution in [0.15, 0.2) is 30.6 Å². The summed E-state index contributed by atoms with van der Waals surface area (Å²) in [7, 11) is 0. The number of halogens is 1. The van der Waals surface area contributed by atoms with Gasteiger partial charge in [-0.15, -0.1) is 11.3 Å². The van der Waals surface area contributed by atoms with Crippen molar-refractivity contribution in [2.24, 2.45) is 0 Å². The van der Waals surface area contributed by atoms with E-state index < -0.39 is 0 Å². The molecule has 0 fully saturated rings. The van der Waals surface area contributed by atoms with Crippen molar-refractivity contribution < 1.29 is 0 Å². The third-order valence-corrected chi connectivity index (χ3v) is 3.71. The van der Waals surface area contributed by atoms with E-state index in [1.165, 1.54) is 10.4 Å². The van der Waals surface area contributed by atoms with Crippen molar-refractivity contribution >= 4 is 22.9 Å². The first kappa shape index (κ1) is 10.7. The molecule has 0 aliphatic heterocycles. The largest absolute Gasteiger partial charge is 0.367 e. The number of nitrogens with one attached hydrogen (secondary N) is 2. The van der Waals surface area contributed by atoms with Gasteiger partial charge in [0.05, 0.1) is 4.34 Å². The summed E-state index contributed by atoms with van der Waals surface area (Å²) in [5, 5.41) is 3.45. The summed E-state index contributed by atoms with van der Waals surface area (Å²) in [6.07, 6.45) is 3.94. The second-order valence-corrected chi connectivity index (χ2v) is 5.21. The van der Waals surface area contributed by atoms with E-state index in [4.69, 9.17) is 11.6 Å². The molecule has 0 aliphatic carbocycles. The number of aromatic amines is 1. The zero-order valence-corrected chi connectivity index (χ0v) is 10.0. The van der Waals surface area contributed by atoms with E-state index in [-0.39, 0.29) is 0 Å². The molecule has 4 heteroatoms. The summed E-state index contributed by atoms with van der Waals surface area (Å²) in [5.74, 6) is 0. The van der Waals surface area contributed by atoms with Crippen LogP contribution in [0.5, 0.6) is 0 Å². The molecule has 2 aromatic heterocycles. The monoisotopic (exact) mass is 240 g/mol. The molecule has 2 aromatic rings. The molecule has 0 aliphatic rings. The molecule has 80 valence electrons. The Morgan fingerprint density at radius 2 is 2.33 bits per heavy atom. The Balaban J connectivity index is 1.90. The highest BCUT2D eigenvalue weighted by Crippen LogP contribution is 2.26. The standard InChI is InChI=1S/C11H13ClN2S/c1-8(10-2-3-11(12)15-10)14-7-9-4-5-13-6-9/h2-6,8,13-14H,7H2,1H3. The quantitative estimate of drug-likeness (QED) is 0.840. The van der Waals surface area contributed by atoms with Crippen molar-refractivity contribution in [3.05, 3.63) is 45.4 Å². The minimum Gasteiger partial charge on any atom is -0.367 e. The van der Waals surface area contributed by atoms with Crippen LogP contribution in [0.3, 0.4) is 0 Å². The van der Waals surface area contributed by atoms with E-state index in [1.807, 2.05) is 18.5 Å². The van der Waals surface area contributed by atoms with E-state index >= 15 is 0 Å². The maximum atomic E-state index is 5.89. The molecule has 0 radical (unpaired) electrons. The molecule has 0 bridgehead atoms. The number of aromatic nitrogens is 1. The Hall–Kier alpha value is -0.770. The molecule has 0 aromatic carbocycles. The topological polar surface area (TPSA) is 27.8 Å². The van der Waals surface area contributed by atoms with Crippen molar-refractivity contribution in [2.75, 3.05) is 0 Å². The third-order valence-electron chi connectivity index (χ3n) is 2.30. The molecule has 0 saturated carbocycles. The Morgan fingerprint density at radius 1 is 1.47 bits per heavy atom. The molecule has 15 heavy (non-hydrogen) atoms. The Labute approximate surface area is 98.3 Å². The third kappa shape index (κ3) is 2.84. The predicted octanol–water partition coefficient (Wildman–Crippen LogP) is 3.58. The van der Waals surface area contributed by atoms with Gasteiger partial charge in [-0.2, -0.15) is 0 Å². The minimum absolute atomic E-state index is 0.345. The number of hydrogen-bond acceptors (Lipinski definition) is 2. The average Bonchev–Trinajstić information content (AvgIpc) is 2.84. The maximum Gasteiger partial charge on any atom is 0.0931 e. The zero-order valence-electron chi connectivity index (χ0n) is 8.46. The van der Waals surface area contributed by atoms with Gasteiger partial charge in [-0.25, -0.2) is 0 Å². The highest BCUT2D eigenvalue weighted by Gasteiger charge is 2.07. The summed E-state index contributed by atoms with van der Waals surface area (Å²) >= 11 is 7.52. The number of H-pyrrole nitrogens is 1. The van der Waals surface area contributed by atoms with Gasteiger partial charge in [-0.05, 0) is 30.7 Å². The number of thiophene rings is 1. The fraction of sp³-hybridized carbons (Fsp3) is 0.273. The van der Waals surface area contributed by atoms with Gasteiger partial charge in [0, 0.05) is 29.9 Å². The van der Waals surface area contributed by atoms with Crippen molar-refractivity contribution in [1.29, 1.82) is 0 Å². The first-order valence-corrected chi connectivity index (χ1v) is 6.05. The highest BCUT2D eigenvalue weighted by atomic mass is 35.5. The Kier molecular flexibility index (Phi) is 3.46. The predicted molar refractivity (Wildman–Crippen MR) is 65.4 cm³/mol. The molecule has 2 rings (SSSR count). The maximum absolute atomic E-state index is 5.89. The summed E-state index contributed by atoms with van der Waals surface area (Å²) in [6.45, 7) is 3.02. The normalized spacial score (nSPS) is 12.9. The molecule has 1 atom stereocenters. The first-order valence-electron chi connectivity index (χ1n) is 4.86. The van der Waals surface area contributed by atoms with Gasteiger partial charge >= 0.3 is 0 Å². The van der Waals surface area contributed by atoms with Crippen molar-refractivity contribution in [3.8, 4) is 0 Å². The fourth-order valence-corrected chi connectivity index (χ4v) is 2.49. The van der Waals surface area contributed by atoms with E-state index in [1.54, 1.807) is 11.3 Å². The van der Waals surface area contributed by atoms with Crippen LogP contribution in [0.2, 0.25) is 4.34 Å². The molecule has 2 nitrogen and oxygen atoms in total. The second kappa shape index (κ2) is 4.84. The van der Waals surface area contributed by atoms with E-state index in [9.17, 15) is 0 Å². The first-order chi connectivity index (χ1) is 7.25. The molecule has 0 amide bonds. The Morgan fingerprint density at radius 3 is 2.93 bits per heavy atom. The summed E-state index contributed by atoms with van der Waals surface area (Å²) in [4.78, 5) is 4.31. The molecule has 2 heterocycles. The van der Waals surface area contributed by atoms with Crippen LogP contribution < -0.4 is 5.32 Å². The van der Waals surface area contributed by atoms with E-state index in [2.05, 4.69) is 29.4 Å². The Bertz CT molecular complexity index is 408. The van der Waals surface area contributed by atoms with Gasteiger partial charge in [-0.1, -0.05) is 11.6 Å². The van der Waals surface area contributed by atoms with Gasteiger partial charge in [0.25, 0.3) is 0 Å². The number of hydrogen-bond donors (Lipinski definition) is 2. The smallest absolute Gasteiger partial charge is 0.0931 e. The lowest BCUT2D eigenvalue weighted by atomic mass is 10.2. The number of rotatable bonds is 4. The lowest BCUT2D eigenvalue weighted by Crippen LogP contribution is -2.16. The van der Waals surface area contributed by atoms with Crippen LogP contribution in [0.1, 0.15) is 23.4 Å². The van der Waals surface area contributed by atoms with E-state index in [0.29, 0.717) is 6.04 Å². The minimum atomic E-state index is 0.345. The van der Waals surface area contributed by atoms with Crippen LogP contribution in [-0.4, -0.2) is 4.98 Å². The summed E-state index contributed by atoms with van der Waals surface area (Å²) in [5.41, 5.74) is 1.27. The van der Waals surface area contributed by atoms with Crippen molar-refractivity contribution in [3.63, 3.8) is 0 Å². The molecule has 0 spiro atoms. The van der Waals surface area contributed by atoms with Gasteiger partial charge in [0.15, 0.2) is 0 Å². The van der Waals surface area contributed by atoms with Gasteiger partial charge in [0.1, 0.15) is 0 Å². The van der Waals surface area contributed by atoms with E-state index in [0.717, 1.165) is 10.9 Å². The fourth-order valence-electron chi connectivity index (χ4n) is 1.40. The zero-order chi connectivity index (χ0) is 10.7. The van der Waals surface area contributed by atoms with Crippen LogP contribution >= 0.6 is 22.9 Å². The summed E-state index contributed by atoms with van der Waals surface area (Å²) < 4.78 is 0.847. The molecular weight excluding hydrogens is 228 g/mol. The average molecular weight is 241 g/mol. The SMILES string of the molecule is CC(NCc1cc[nH]c1)c1ccc(Cl)s1. The van der Waals surface area contributed by atoms with Crippen LogP contribution in [-0.2, 0) is 6.54 Å². The lowest BCUT2D eigenvalue weighted by molar-refractivity contribution is 0.583. The van der Waals surface area contributed by atoms with Gasteiger partial charge in [0.2, 0.25) is 0 Å². The van der Waals surface area contributed by atoms with Crippen molar-refractivity contribution in [1.82, 2.24) is 10.3 Å². The highest BCUT2D eigenvalue weighted by molar-refractivity contribution is 7.16. The van der Waals surface area contributed by atoms with Gasteiger partial charge in [-0.3, -0.25) is 0 Å². The lowest BCUT2D eigenvalue weighted by Gasteiger charge is -2.10. The molecule has 1 unspecified atom stereocenters. The van der Waals surface area contributed by atoms with Crippen molar-refractivity contribution in [2.45, 2.75) is 19.5 Å². The van der Waals surface area contributed by atoms with Crippen LogP contribution in [0.25, 0.3) is 0 Å². The molecule has 2 N–H and O–H groups in total. The molecule has 0 saturated heterocycles. The van der Waals surface area contributed by atoms with Gasteiger partial charge < -0.3 is 10.3 Å². The summed E-state index contributed by atoms with van der Waals surface area (Å²) in [6, 6.07) is 6.43. The second-order valence-electron chi connectivity index (χ2n) is 3.46. The van der Waals surface area contributed by atoms with Crippen LogP contribution in [0.4, 0.5) is 0 Å². The van der Waals surface area contributed by atoms with Crippen LogP contribution in [0, 0.1) is 0 Å².